The highest BCUT2D eigenvalue weighted by atomic mass is 32.2. The van der Waals surface area contributed by atoms with Gasteiger partial charge in [0, 0.05) is 13.1 Å². The molecule has 16 heavy (non-hydrogen) atoms. The third-order valence-corrected chi connectivity index (χ3v) is 4.94. The van der Waals surface area contributed by atoms with Crippen molar-refractivity contribution in [3.63, 3.8) is 0 Å². The lowest BCUT2D eigenvalue weighted by Gasteiger charge is -2.17. The van der Waals surface area contributed by atoms with Crippen LogP contribution in [0.3, 0.4) is 0 Å². The van der Waals surface area contributed by atoms with Gasteiger partial charge in [-0.3, -0.25) is 4.79 Å². The Morgan fingerprint density at radius 1 is 1.50 bits per heavy atom. The van der Waals surface area contributed by atoms with Gasteiger partial charge < -0.3 is 5.11 Å². The molecular weight excluding hydrogens is 230 g/mol. The molecule has 5 nitrogen and oxygen atoms in total. The lowest BCUT2D eigenvalue weighted by Crippen LogP contribution is -2.32. The van der Waals surface area contributed by atoms with E-state index in [2.05, 4.69) is 13.8 Å². The van der Waals surface area contributed by atoms with Gasteiger partial charge in [0.1, 0.15) is 0 Å². The Bertz CT molecular complexity index is 350. The predicted molar refractivity (Wildman–Crippen MR) is 60.6 cm³/mol. The van der Waals surface area contributed by atoms with E-state index in [0.29, 0.717) is 24.9 Å². The van der Waals surface area contributed by atoms with Gasteiger partial charge in [-0.2, -0.15) is 0 Å². The summed E-state index contributed by atoms with van der Waals surface area (Å²) in [6.45, 7) is 5.24. The average Bonchev–Trinajstić information content (AvgIpc) is 2.64. The van der Waals surface area contributed by atoms with Crippen LogP contribution in [0, 0.1) is 11.8 Å². The van der Waals surface area contributed by atoms with Crippen molar-refractivity contribution in [3.8, 4) is 0 Å². The summed E-state index contributed by atoms with van der Waals surface area (Å²) in [5.74, 6) is -0.477. The largest absolute Gasteiger partial charge is 0.481 e. The third kappa shape index (κ3) is 3.45. The van der Waals surface area contributed by atoms with E-state index in [9.17, 15) is 13.2 Å². The number of carboxylic acid groups (broad SMARTS) is 1. The van der Waals surface area contributed by atoms with Crippen LogP contribution >= 0.6 is 0 Å². The molecule has 1 heterocycles. The molecule has 0 aromatic carbocycles. The molecule has 1 rings (SSSR count). The Morgan fingerprint density at radius 3 is 2.56 bits per heavy atom. The highest BCUT2D eigenvalue weighted by molar-refractivity contribution is 7.89. The molecule has 1 fully saturated rings. The number of aliphatic carboxylic acids is 1. The Hall–Kier alpha value is -0.620. The molecule has 0 radical (unpaired) electrons. The van der Waals surface area contributed by atoms with Gasteiger partial charge in [0.15, 0.2) is 0 Å². The molecule has 6 heteroatoms. The fourth-order valence-corrected chi connectivity index (χ4v) is 3.39. The van der Waals surface area contributed by atoms with E-state index in [1.807, 2.05) is 0 Å². The number of sulfonamides is 1. The number of hydrogen-bond donors (Lipinski definition) is 1. The first-order valence-electron chi connectivity index (χ1n) is 5.52. The Kier molecular flexibility index (Phi) is 4.32. The Labute approximate surface area is 96.5 Å². The van der Waals surface area contributed by atoms with Crippen molar-refractivity contribution in [3.05, 3.63) is 0 Å². The number of carbonyl (C=O) groups is 1. The summed E-state index contributed by atoms with van der Waals surface area (Å²) in [5, 5.41) is 8.48. The topological polar surface area (TPSA) is 74.7 Å². The molecule has 1 aliphatic rings. The fraction of sp³-hybridized carbons (Fsp3) is 0.900. The number of nitrogens with zero attached hydrogens (tertiary/aromatic N) is 1. The van der Waals surface area contributed by atoms with Crippen molar-refractivity contribution in [1.29, 1.82) is 0 Å². The lowest BCUT2D eigenvalue weighted by atomic mass is 9.96. The quantitative estimate of drug-likeness (QED) is 0.781. The van der Waals surface area contributed by atoms with Crippen LogP contribution < -0.4 is 0 Å². The molecule has 1 N–H and O–H groups in total. The van der Waals surface area contributed by atoms with Crippen LogP contribution in [0.1, 0.15) is 26.7 Å². The number of hydrogen-bond acceptors (Lipinski definition) is 3. The second-order valence-corrected chi connectivity index (χ2v) is 6.70. The zero-order valence-electron chi connectivity index (χ0n) is 9.72. The van der Waals surface area contributed by atoms with E-state index >= 15 is 0 Å². The zero-order valence-corrected chi connectivity index (χ0v) is 10.5. The number of rotatable bonds is 5. The maximum atomic E-state index is 11.8. The first-order chi connectivity index (χ1) is 7.33. The fourth-order valence-electron chi connectivity index (χ4n) is 1.90. The van der Waals surface area contributed by atoms with Crippen LogP contribution in [0.15, 0.2) is 0 Å². The summed E-state index contributed by atoms with van der Waals surface area (Å²) >= 11 is 0. The van der Waals surface area contributed by atoms with Crippen molar-refractivity contribution in [2.24, 2.45) is 11.8 Å². The van der Waals surface area contributed by atoms with Gasteiger partial charge >= 0.3 is 5.97 Å². The smallest absolute Gasteiger partial charge is 0.304 e. The molecule has 1 saturated heterocycles. The summed E-state index contributed by atoms with van der Waals surface area (Å²) in [5.41, 5.74) is 0. The summed E-state index contributed by atoms with van der Waals surface area (Å²) in [4.78, 5) is 10.4. The van der Waals surface area contributed by atoms with E-state index in [-0.39, 0.29) is 12.2 Å². The van der Waals surface area contributed by atoms with Crippen molar-refractivity contribution in [2.45, 2.75) is 26.7 Å². The second kappa shape index (κ2) is 5.14. The monoisotopic (exact) mass is 249 g/mol. The molecule has 94 valence electrons. The highest BCUT2D eigenvalue weighted by Gasteiger charge is 2.32. The molecule has 0 amide bonds. The molecule has 0 aromatic heterocycles. The van der Waals surface area contributed by atoms with Crippen LogP contribution in [0.5, 0.6) is 0 Å². The van der Waals surface area contributed by atoms with Crippen LogP contribution in [-0.4, -0.2) is 42.6 Å². The van der Waals surface area contributed by atoms with E-state index in [4.69, 9.17) is 5.11 Å². The average molecular weight is 249 g/mol. The Morgan fingerprint density at radius 2 is 2.12 bits per heavy atom. The minimum absolute atomic E-state index is 0.285. The van der Waals surface area contributed by atoms with Gasteiger partial charge in [0.2, 0.25) is 10.0 Å². The van der Waals surface area contributed by atoms with Crippen LogP contribution in [-0.2, 0) is 14.8 Å². The maximum Gasteiger partial charge on any atom is 0.304 e. The maximum absolute atomic E-state index is 11.8. The van der Waals surface area contributed by atoms with E-state index in [0.717, 1.165) is 6.42 Å². The van der Waals surface area contributed by atoms with Gasteiger partial charge in [-0.15, -0.1) is 0 Å². The molecule has 0 spiro atoms. The van der Waals surface area contributed by atoms with Gasteiger partial charge in [-0.05, 0) is 18.3 Å². The molecule has 1 aliphatic heterocycles. The minimum atomic E-state index is -3.37. The predicted octanol–water partition coefficient (Wildman–Crippen LogP) is 0.769. The standard InChI is InChI=1S/C10H19NO4S/c1-8(2)9-3-5-11(7-9)16(14,15)6-4-10(12)13/h8-9H,3-7H2,1-2H3,(H,12,13). The summed E-state index contributed by atoms with van der Waals surface area (Å²) in [6, 6.07) is 0. The molecule has 1 atom stereocenters. The first kappa shape index (κ1) is 13.4. The van der Waals surface area contributed by atoms with E-state index in [1.54, 1.807) is 0 Å². The first-order valence-corrected chi connectivity index (χ1v) is 7.13. The van der Waals surface area contributed by atoms with Crippen molar-refractivity contribution < 1.29 is 18.3 Å². The molecular formula is C10H19NO4S. The molecule has 0 bridgehead atoms. The van der Waals surface area contributed by atoms with E-state index < -0.39 is 16.0 Å². The Balaban J connectivity index is 2.55. The van der Waals surface area contributed by atoms with Crippen molar-refractivity contribution in [1.82, 2.24) is 4.31 Å². The second-order valence-electron chi connectivity index (χ2n) is 4.61. The van der Waals surface area contributed by atoms with Gasteiger partial charge in [-0.1, -0.05) is 13.8 Å². The zero-order chi connectivity index (χ0) is 12.3. The van der Waals surface area contributed by atoms with Gasteiger partial charge in [-0.25, -0.2) is 12.7 Å². The lowest BCUT2D eigenvalue weighted by molar-refractivity contribution is -0.136. The summed E-state index contributed by atoms with van der Waals surface area (Å²) in [7, 11) is -3.37. The molecule has 0 aliphatic carbocycles. The molecule has 0 aromatic rings. The number of carboxylic acids is 1. The summed E-state index contributed by atoms with van der Waals surface area (Å²) in [6.07, 6.45) is 0.565. The summed E-state index contributed by atoms with van der Waals surface area (Å²) < 4.78 is 25.0. The van der Waals surface area contributed by atoms with Crippen LogP contribution in [0.4, 0.5) is 0 Å². The van der Waals surface area contributed by atoms with Crippen molar-refractivity contribution >= 4 is 16.0 Å². The normalized spacial score (nSPS) is 22.8. The van der Waals surface area contributed by atoms with E-state index in [1.165, 1.54) is 4.31 Å². The SMILES string of the molecule is CC(C)C1CCN(S(=O)(=O)CCC(=O)O)C1. The molecule has 0 saturated carbocycles. The van der Waals surface area contributed by atoms with Gasteiger partial charge in [0.05, 0.1) is 12.2 Å². The minimum Gasteiger partial charge on any atom is -0.481 e. The van der Waals surface area contributed by atoms with Crippen molar-refractivity contribution in [2.75, 3.05) is 18.8 Å². The molecule has 1 unspecified atom stereocenters. The van der Waals surface area contributed by atoms with Crippen LogP contribution in [0.2, 0.25) is 0 Å². The third-order valence-electron chi connectivity index (χ3n) is 3.10. The highest BCUT2D eigenvalue weighted by Crippen LogP contribution is 2.25. The van der Waals surface area contributed by atoms with Crippen LogP contribution in [0.25, 0.3) is 0 Å². The van der Waals surface area contributed by atoms with Gasteiger partial charge in [0.25, 0.3) is 0 Å².